The van der Waals surface area contributed by atoms with Crippen molar-refractivity contribution in [2.45, 2.75) is 17.9 Å². The number of benzene rings is 2. The SMILES string of the molecule is CSc1ccccc1NC(=O)[C@H](C)N(c1ccc(Cl)cc1)S(C)(=O)=O. The summed E-state index contributed by atoms with van der Waals surface area (Å²) < 4.78 is 25.6. The molecule has 1 atom stereocenters. The summed E-state index contributed by atoms with van der Waals surface area (Å²) in [5, 5.41) is 3.29. The van der Waals surface area contributed by atoms with Crippen LogP contribution in [-0.2, 0) is 14.8 Å². The summed E-state index contributed by atoms with van der Waals surface area (Å²) in [4.78, 5) is 13.6. The molecule has 0 unspecified atom stereocenters. The Balaban J connectivity index is 2.31. The summed E-state index contributed by atoms with van der Waals surface area (Å²) in [6, 6.07) is 12.8. The zero-order chi connectivity index (χ0) is 18.6. The summed E-state index contributed by atoms with van der Waals surface area (Å²) in [7, 11) is -3.66. The number of carbonyl (C=O) groups is 1. The third-order valence-corrected chi connectivity index (χ3v) is 5.82. The Morgan fingerprint density at radius 2 is 1.76 bits per heavy atom. The molecule has 5 nitrogen and oxygen atoms in total. The van der Waals surface area contributed by atoms with E-state index >= 15 is 0 Å². The monoisotopic (exact) mass is 398 g/mol. The highest BCUT2D eigenvalue weighted by Crippen LogP contribution is 2.27. The molecule has 8 heteroatoms. The highest BCUT2D eigenvalue weighted by molar-refractivity contribution is 7.98. The van der Waals surface area contributed by atoms with Crippen LogP contribution in [0.4, 0.5) is 11.4 Å². The van der Waals surface area contributed by atoms with Crippen LogP contribution in [-0.4, -0.2) is 32.9 Å². The molecule has 0 fully saturated rings. The Kier molecular flexibility index (Phi) is 6.37. The maximum absolute atomic E-state index is 12.7. The van der Waals surface area contributed by atoms with Crippen LogP contribution in [0.25, 0.3) is 0 Å². The second kappa shape index (κ2) is 8.12. The van der Waals surface area contributed by atoms with Gasteiger partial charge >= 0.3 is 0 Å². The zero-order valence-electron chi connectivity index (χ0n) is 14.1. The fraction of sp³-hybridized carbons (Fsp3) is 0.235. The average Bonchev–Trinajstić information content (AvgIpc) is 2.56. The number of amides is 1. The van der Waals surface area contributed by atoms with Crippen LogP contribution in [0.1, 0.15) is 6.92 Å². The molecule has 0 aromatic heterocycles. The van der Waals surface area contributed by atoms with Crippen molar-refractivity contribution in [3.63, 3.8) is 0 Å². The van der Waals surface area contributed by atoms with E-state index in [1.54, 1.807) is 37.3 Å². The van der Waals surface area contributed by atoms with Gasteiger partial charge in [0, 0.05) is 9.92 Å². The molecule has 0 aliphatic carbocycles. The quantitative estimate of drug-likeness (QED) is 0.750. The highest BCUT2D eigenvalue weighted by atomic mass is 35.5. The van der Waals surface area contributed by atoms with Crippen molar-refractivity contribution in [2.24, 2.45) is 0 Å². The van der Waals surface area contributed by atoms with E-state index in [-0.39, 0.29) is 0 Å². The first-order valence-electron chi connectivity index (χ1n) is 7.43. The normalized spacial score (nSPS) is 12.5. The van der Waals surface area contributed by atoms with E-state index < -0.39 is 22.0 Å². The molecular formula is C17H19ClN2O3S2. The molecule has 0 aliphatic heterocycles. The van der Waals surface area contributed by atoms with E-state index in [1.165, 1.54) is 11.8 Å². The molecule has 0 radical (unpaired) electrons. The molecule has 0 saturated carbocycles. The smallest absolute Gasteiger partial charge is 0.248 e. The summed E-state index contributed by atoms with van der Waals surface area (Å²) in [6.07, 6.45) is 2.98. The first-order valence-corrected chi connectivity index (χ1v) is 10.9. The summed E-state index contributed by atoms with van der Waals surface area (Å²) in [5.74, 6) is -0.415. The minimum atomic E-state index is -3.66. The lowest BCUT2D eigenvalue weighted by Gasteiger charge is -2.28. The largest absolute Gasteiger partial charge is 0.323 e. The standard InChI is InChI=1S/C17H19ClN2O3S2/c1-12(17(21)19-15-6-4-5-7-16(15)24-2)20(25(3,22)23)14-10-8-13(18)9-11-14/h4-12H,1-3H3,(H,19,21)/t12-/m0/s1. The van der Waals surface area contributed by atoms with Gasteiger partial charge in [0.05, 0.1) is 17.6 Å². The summed E-state index contributed by atoms with van der Waals surface area (Å²) >= 11 is 7.36. The average molecular weight is 399 g/mol. The summed E-state index contributed by atoms with van der Waals surface area (Å²) in [6.45, 7) is 1.55. The van der Waals surface area contributed by atoms with Crippen molar-refractivity contribution in [1.82, 2.24) is 0 Å². The van der Waals surface area contributed by atoms with Gasteiger partial charge in [-0.15, -0.1) is 11.8 Å². The fourth-order valence-electron chi connectivity index (χ4n) is 2.38. The summed E-state index contributed by atoms with van der Waals surface area (Å²) in [5.41, 5.74) is 1.03. The Morgan fingerprint density at radius 1 is 1.16 bits per heavy atom. The van der Waals surface area contributed by atoms with Gasteiger partial charge in [-0.25, -0.2) is 8.42 Å². The molecule has 0 aliphatic rings. The third-order valence-electron chi connectivity index (χ3n) is 3.53. The van der Waals surface area contributed by atoms with Crippen LogP contribution >= 0.6 is 23.4 Å². The van der Waals surface area contributed by atoms with Gasteiger partial charge in [-0.3, -0.25) is 9.10 Å². The number of carbonyl (C=O) groups excluding carboxylic acids is 1. The van der Waals surface area contributed by atoms with E-state index in [9.17, 15) is 13.2 Å². The van der Waals surface area contributed by atoms with E-state index in [2.05, 4.69) is 5.32 Å². The predicted molar refractivity (Wildman–Crippen MR) is 105 cm³/mol. The minimum absolute atomic E-state index is 0.382. The van der Waals surface area contributed by atoms with Gasteiger partial charge in [0.2, 0.25) is 15.9 Å². The molecule has 2 aromatic carbocycles. The number of thioether (sulfide) groups is 1. The Hall–Kier alpha value is -1.70. The van der Waals surface area contributed by atoms with Crippen molar-refractivity contribution >= 4 is 50.7 Å². The molecule has 25 heavy (non-hydrogen) atoms. The number of hydrogen-bond acceptors (Lipinski definition) is 4. The highest BCUT2D eigenvalue weighted by Gasteiger charge is 2.29. The van der Waals surface area contributed by atoms with E-state index in [1.807, 2.05) is 24.5 Å². The fourth-order valence-corrected chi connectivity index (χ4v) is 4.24. The number of anilines is 2. The second-order valence-electron chi connectivity index (χ2n) is 5.40. The first kappa shape index (κ1) is 19.6. The minimum Gasteiger partial charge on any atom is -0.323 e. The van der Waals surface area contributed by atoms with Gasteiger partial charge in [-0.05, 0) is 49.6 Å². The predicted octanol–water partition coefficient (Wildman–Crippen LogP) is 3.86. The lowest BCUT2D eigenvalue weighted by molar-refractivity contribution is -0.116. The molecule has 0 spiro atoms. The van der Waals surface area contributed by atoms with Crippen LogP contribution < -0.4 is 9.62 Å². The van der Waals surface area contributed by atoms with Crippen molar-refractivity contribution in [2.75, 3.05) is 22.1 Å². The number of nitrogens with zero attached hydrogens (tertiary/aromatic N) is 1. The molecule has 0 saturated heterocycles. The van der Waals surface area contributed by atoms with Crippen LogP contribution in [0, 0.1) is 0 Å². The van der Waals surface area contributed by atoms with Crippen molar-refractivity contribution in [1.29, 1.82) is 0 Å². The zero-order valence-corrected chi connectivity index (χ0v) is 16.5. The Bertz CT molecular complexity index is 854. The van der Waals surface area contributed by atoms with Gasteiger partial charge in [0.15, 0.2) is 0 Å². The number of nitrogens with one attached hydrogen (secondary N) is 1. The van der Waals surface area contributed by atoms with E-state index in [0.717, 1.165) is 15.5 Å². The van der Waals surface area contributed by atoms with Crippen LogP contribution in [0.2, 0.25) is 5.02 Å². The van der Waals surface area contributed by atoms with Gasteiger partial charge in [0.25, 0.3) is 0 Å². The Morgan fingerprint density at radius 3 is 2.32 bits per heavy atom. The van der Waals surface area contributed by atoms with Gasteiger partial charge in [-0.2, -0.15) is 0 Å². The number of sulfonamides is 1. The molecule has 1 N–H and O–H groups in total. The molecule has 2 aromatic rings. The molecule has 2 rings (SSSR count). The maximum atomic E-state index is 12.7. The van der Waals surface area contributed by atoms with Crippen molar-refractivity contribution < 1.29 is 13.2 Å². The first-order chi connectivity index (χ1) is 11.7. The molecule has 134 valence electrons. The van der Waals surface area contributed by atoms with E-state index in [0.29, 0.717) is 16.4 Å². The number of rotatable bonds is 6. The maximum Gasteiger partial charge on any atom is 0.248 e. The molecule has 0 heterocycles. The van der Waals surface area contributed by atoms with Crippen LogP contribution in [0.15, 0.2) is 53.4 Å². The lowest BCUT2D eigenvalue weighted by atomic mass is 10.2. The molecule has 0 bridgehead atoms. The number of halogens is 1. The molecular weight excluding hydrogens is 380 g/mol. The topological polar surface area (TPSA) is 66.5 Å². The van der Waals surface area contributed by atoms with Crippen molar-refractivity contribution in [3.8, 4) is 0 Å². The third kappa shape index (κ3) is 4.90. The molecule has 1 amide bonds. The van der Waals surface area contributed by atoms with E-state index in [4.69, 9.17) is 11.6 Å². The van der Waals surface area contributed by atoms with Gasteiger partial charge < -0.3 is 5.32 Å². The van der Waals surface area contributed by atoms with Crippen LogP contribution in [0.5, 0.6) is 0 Å². The van der Waals surface area contributed by atoms with Crippen molar-refractivity contribution in [3.05, 3.63) is 53.6 Å². The van der Waals surface area contributed by atoms with Gasteiger partial charge in [-0.1, -0.05) is 23.7 Å². The Labute approximate surface area is 157 Å². The van der Waals surface area contributed by atoms with Crippen LogP contribution in [0.3, 0.4) is 0 Å². The second-order valence-corrected chi connectivity index (χ2v) is 8.54. The van der Waals surface area contributed by atoms with Gasteiger partial charge in [0.1, 0.15) is 6.04 Å². The lowest BCUT2D eigenvalue weighted by Crippen LogP contribution is -2.45. The number of hydrogen-bond donors (Lipinski definition) is 1. The number of para-hydroxylation sites is 1.